The van der Waals surface area contributed by atoms with Crippen molar-refractivity contribution in [3.8, 4) is 0 Å². The second kappa shape index (κ2) is 8.54. The number of allylic oxidation sites excluding steroid dienone is 4. The van der Waals surface area contributed by atoms with Crippen LogP contribution in [0.4, 0.5) is 0 Å². The van der Waals surface area contributed by atoms with Gasteiger partial charge in [-0.2, -0.15) is 0 Å². The van der Waals surface area contributed by atoms with E-state index in [0.29, 0.717) is 12.8 Å². The molecular weight excluding hydrogens is 514 g/mol. The number of fused-ring (bicyclic) bond motifs is 5. The largest absolute Gasteiger partial charge is 0.446 e. The van der Waals surface area contributed by atoms with Gasteiger partial charge in [0, 0.05) is 23.2 Å². The van der Waals surface area contributed by atoms with Gasteiger partial charge in [0.15, 0.2) is 11.8 Å². The number of ketones is 2. The molecule has 0 unspecified atom stereocenters. The molecule has 0 aliphatic heterocycles. The molecule has 33 heavy (non-hydrogen) atoms. The van der Waals surface area contributed by atoms with Crippen LogP contribution in [0.2, 0.25) is 0 Å². The zero-order chi connectivity index (χ0) is 24.3. The van der Waals surface area contributed by atoms with Gasteiger partial charge >= 0.3 is 11.9 Å². The number of alkyl halides is 4. The lowest BCUT2D eigenvalue weighted by molar-refractivity contribution is -0.202. The van der Waals surface area contributed by atoms with E-state index in [4.69, 9.17) is 55.9 Å². The normalized spacial score (nSPS) is 41.7. The molecule has 0 aromatic carbocycles. The van der Waals surface area contributed by atoms with E-state index in [1.54, 1.807) is 13.0 Å². The van der Waals surface area contributed by atoms with Gasteiger partial charge in [0.1, 0.15) is 5.78 Å². The van der Waals surface area contributed by atoms with Crippen molar-refractivity contribution in [1.82, 2.24) is 0 Å². The maximum atomic E-state index is 13.8. The van der Waals surface area contributed by atoms with Crippen LogP contribution in [0.5, 0.6) is 0 Å². The maximum absolute atomic E-state index is 13.8. The quantitative estimate of drug-likeness (QED) is 0.387. The summed E-state index contributed by atoms with van der Waals surface area (Å²) in [4.78, 5) is 49.9. The lowest BCUT2D eigenvalue weighted by Gasteiger charge is -2.57. The van der Waals surface area contributed by atoms with Crippen LogP contribution in [0.15, 0.2) is 23.8 Å². The second-order valence-electron chi connectivity index (χ2n) is 9.76. The molecule has 4 aliphatic carbocycles. The molecule has 6 nitrogen and oxygen atoms in total. The van der Waals surface area contributed by atoms with Crippen LogP contribution in [-0.4, -0.2) is 45.4 Å². The third-order valence-electron chi connectivity index (χ3n) is 8.33. The highest BCUT2D eigenvalue weighted by Crippen LogP contribution is 2.67. The van der Waals surface area contributed by atoms with Gasteiger partial charge in [-0.05, 0) is 48.8 Å². The molecule has 0 aromatic rings. The van der Waals surface area contributed by atoms with E-state index in [1.807, 2.05) is 6.92 Å². The van der Waals surface area contributed by atoms with Crippen molar-refractivity contribution in [1.29, 1.82) is 0 Å². The second-order valence-corrected chi connectivity index (χ2v) is 11.6. The van der Waals surface area contributed by atoms with Gasteiger partial charge in [0.25, 0.3) is 0 Å². The summed E-state index contributed by atoms with van der Waals surface area (Å²) in [5.41, 5.74) is -2.75. The van der Waals surface area contributed by atoms with E-state index in [9.17, 15) is 19.2 Å². The lowest BCUT2D eigenvalue weighted by atomic mass is 9.46. The molecule has 0 aromatic heterocycles. The van der Waals surface area contributed by atoms with Crippen molar-refractivity contribution in [2.75, 3.05) is 6.07 Å². The lowest BCUT2D eigenvalue weighted by Crippen LogP contribution is -2.62. The first-order valence-corrected chi connectivity index (χ1v) is 12.6. The van der Waals surface area contributed by atoms with Crippen LogP contribution in [0.25, 0.3) is 0 Å². The number of carbonyl (C=O) groups is 4. The van der Waals surface area contributed by atoms with Gasteiger partial charge in [-0.25, -0.2) is 9.59 Å². The fourth-order valence-electron chi connectivity index (χ4n) is 6.96. The van der Waals surface area contributed by atoms with Crippen LogP contribution in [-0.2, 0) is 28.7 Å². The molecular formula is C23H24Cl4O6. The third kappa shape index (κ3) is 3.59. The molecule has 0 radical (unpaired) electrons. The SMILES string of the molecule is C[C@]12C=CC(=O)C=C1[C@@H](Cl)C[C@@H]1[C@@H]2C(=O)C[C@@]2(C)[C@H]1CC[C@]2(OC(=O)C(Cl)Cl)C(=O)OCCl. The highest BCUT2D eigenvalue weighted by atomic mass is 35.5. The zero-order valence-electron chi connectivity index (χ0n) is 18.1. The summed E-state index contributed by atoms with van der Waals surface area (Å²) < 4.78 is 10.8. The van der Waals surface area contributed by atoms with Crippen LogP contribution in [0, 0.1) is 28.6 Å². The minimum Gasteiger partial charge on any atom is -0.446 e. The Labute approximate surface area is 211 Å². The number of rotatable bonds is 4. The van der Waals surface area contributed by atoms with Crippen LogP contribution < -0.4 is 0 Å². The Balaban J connectivity index is 1.79. The van der Waals surface area contributed by atoms with Crippen molar-refractivity contribution < 1.29 is 28.7 Å². The maximum Gasteiger partial charge on any atom is 0.352 e. The van der Waals surface area contributed by atoms with E-state index < -0.39 is 50.6 Å². The summed E-state index contributed by atoms with van der Waals surface area (Å²) in [7, 11) is 0. The van der Waals surface area contributed by atoms with Gasteiger partial charge in [-0.1, -0.05) is 54.7 Å². The van der Waals surface area contributed by atoms with E-state index in [0.717, 1.165) is 5.57 Å². The average molecular weight is 538 g/mol. The van der Waals surface area contributed by atoms with Gasteiger partial charge < -0.3 is 9.47 Å². The first-order valence-electron chi connectivity index (χ1n) is 10.8. The zero-order valence-corrected chi connectivity index (χ0v) is 21.1. The van der Waals surface area contributed by atoms with Crippen molar-refractivity contribution in [3.05, 3.63) is 23.8 Å². The van der Waals surface area contributed by atoms with Gasteiger partial charge in [0.05, 0.1) is 5.38 Å². The van der Waals surface area contributed by atoms with Crippen molar-refractivity contribution in [2.45, 2.75) is 55.3 Å². The molecule has 3 saturated carbocycles. The minimum atomic E-state index is -1.75. The van der Waals surface area contributed by atoms with Gasteiger partial charge in [-0.15, -0.1) is 11.6 Å². The van der Waals surface area contributed by atoms with Crippen LogP contribution in [0.1, 0.15) is 39.5 Å². The number of halogens is 4. The predicted molar refractivity (Wildman–Crippen MR) is 123 cm³/mol. The van der Waals surface area contributed by atoms with Crippen LogP contribution in [0.3, 0.4) is 0 Å². The summed E-state index contributed by atoms with van der Waals surface area (Å²) in [5, 5.41) is -0.442. The Bertz CT molecular complexity index is 976. The Morgan fingerprint density at radius 1 is 1.24 bits per heavy atom. The first kappa shape index (κ1) is 25.0. The van der Waals surface area contributed by atoms with E-state index in [1.165, 1.54) is 12.2 Å². The molecule has 0 heterocycles. The van der Waals surface area contributed by atoms with Gasteiger partial charge in [-0.3, -0.25) is 9.59 Å². The third-order valence-corrected chi connectivity index (χ3v) is 9.20. The number of hydrogen-bond acceptors (Lipinski definition) is 6. The molecule has 0 saturated heterocycles. The summed E-state index contributed by atoms with van der Waals surface area (Å²) in [6.07, 6.45) is 5.90. The molecule has 0 bridgehead atoms. The van der Waals surface area contributed by atoms with Crippen LogP contribution >= 0.6 is 46.4 Å². The highest BCUT2D eigenvalue weighted by molar-refractivity contribution is 6.53. The Hall–Kier alpha value is -1.08. The summed E-state index contributed by atoms with van der Waals surface area (Å²) in [6.45, 7) is 3.71. The fraction of sp³-hybridized carbons (Fsp3) is 0.652. The smallest absolute Gasteiger partial charge is 0.352 e. The monoisotopic (exact) mass is 536 g/mol. The number of Topliss-reactive ketones (excluding diaryl/α,β-unsaturated/α-hetero) is 1. The van der Waals surface area contributed by atoms with E-state index in [2.05, 4.69) is 0 Å². The molecule has 0 spiro atoms. The predicted octanol–water partition coefficient (Wildman–Crippen LogP) is 4.52. The number of hydrogen-bond donors (Lipinski definition) is 0. The minimum absolute atomic E-state index is 0.0175. The van der Waals surface area contributed by atoms with Gasteiger partial charge in [0.2, 0.25) is 10.4 Å². The number of ether oxygens (including phenoxy) is 2. The van der Waals surface area contributed by atoms with Crippen molar-refractivity contribution in [3.63, 3.8) is 0 Å². The number of esters is 2. The van der Waals surface area contributed by atoms with E-state index in [-0.39, 0.29) is 36.2 Å². The molecule has 4 aliphatic rings. The standard InChI is InChI=1S/C23H24Cl4O6/c1-21-5-3-11(28)7-14(21)15(25)8-12-13-4-6-23(20(31)32-10-24,33-19(30)18(26)27)22(13,2)9-16(29)17(12)21/h3,5,7,12-13,15,17-18H,4,6,8-10H2,1-2H3/t12-,13-,15-,17+,21-,22-,23-/m0/s1. The Morgan fingerprint density at radius 2 is 1.94 bits per heavy atom. The Kier molecular flexibility index (Phi) is 6.48. The molecule has 0 N–H and O–H groups in total. The Morgan fingerprint density at radius 3 is 2.58 bits per heavy atom. The fourth-order valence-corrected chi connectivity index (χ4v) is 7.65. The van der Waals surface area contributed by atoms with E-state index >= 15 is 0 Å². The summed E-state index contributed by atoms with van der Waals surface area (Å²) in [6, 6.07) is -0.432. The summed E-state index contributed by atoms with van der Waals surface area (Å²) >= 11 is 23.9. The first-order chi connectivity index (χ1) is 15.4. The summed E-state index contributed by atoms with van der Waals surface area (Å²) in [5.74, 6) is -2.80. The average Bonchev–Trinajstić information content (AvgIpc) is 3.02. The molecule has 4 rings (SSSR count). The number of carbonyl (C=O) groups excluding carboxylic acids is 4. The van der Waals surface area contributed by atoms with Crippen molar-refractivity contribution >= 4 is 69.9 Å². The molecule has 180 valence electrons. The highest BCUT2D eigenvalue weighted by Gasteiger charge is 2.72. The van der Waals surface area contributed by atoms with Crippen molar-refractivity contribution in [2.24, 2.45) is 28.6 Å². The molecule has 3 fully saturated rings. The molecule has 0 amide bonds. The topological polar surface area (TPSA) is 86.7 Å². The molecule has 7 atom stereocenters. The molecule has 10 heteroatoms.